The molecule has 0 atom stereocenters. The van der Waals surface area contributed by atoms with Gasteiger partial charge in [0.2, 0.25) is 11.4 Å². The number of rotatable bonds is 9. The first-order chi connectivity index (χ1) is 13.2. The van der Waals surface area contributed by atoms with Gasteiger partial charge in [-0.3, -0.25) is 0 Å². The third-order valence-corrected chi connectivity index (χ3v) is 5.19. The zero-order chi connectivity index (χ0) is 19.1. The summed E-state index contributed by atoms with van der Waals surface area (Å²) in [6.07, 6.45) is 12.3. The van der Waals surface area contributed by atoms with Gasteiger partial charge in [0, 0.05) is 23.3 Å². The molecule has 0 saturated heterocycles. The fourth-order valence-electron chi connectivity index (χ4n) is 3.60. The van der Waals surface area contributed by atoms with Crippen LogP contribution in [0.1, 0.15) is 68.2 Å². The third kappa shape index (κ3) is 4.82. The van der Waals surface area contributed by atoms with Gasteiger partial charge in [-0.25, -0.2) is 4.70 Å². The summed E-state index contributed by atoms with van der Waals surface area (Å²) in [5.41, 5.74) is 17.3. The van der Waals surface area contributed by atoms with Crippen LogP contribution in [0.3, 0.4) is 0 Å². The van der Waals surface area contributed by atoms with Crippen LogP contribution in [-0.4, -0.2) is 4.70 Å². The Balaban J connectivity index is 1.74. The Morgan fingerprint density at radius 2 is 1.22 bits per heavy atom. The van der Waals surface area contributed by atoms with E-state index in [9.17, 15) is 5.53 Å². The van der Waals surface area contributed by atoms with Gasteiger partial charge in [0.15, 0.2) is 0 Å². The van der Waals surface area contributed by atoms with Crippen molar-refractivity contribution in [2.75, 3.05) is 0 Å². The van der Waals surface area contributed by atoms with Crippen LogP contribution in [0.4, 0.5) is 0 Å². The first kappa shape index (κ1) is 19.3. The maximum Gasteiger partial charge on any atom is 0.207 e. The smallest absolute Gasteiger partial charge is 0.207 e. The number of nitrogens with zero attached hydrogens (tertiary/aromatic N) is 2. The molecule has 0 aromatic heterocycles. The molecule has 2 nitrogen and oxygen atoms in total. The van der Waals surface area contributed by atoms with Crippen molar-refractivity contribution in [2.45, 2.75) is 58.8 Å². The molecule has 0 amide bonds. The molecule has 0 bridgehead atoms. The van der Waals surface area contributed by atoms with E-state index in [1.807, 2.05) is 12.2 Å². The summed E-state index contributed by atoms with van der Waals surface area (Å²) in [7, 11) is 0. The van der Waals surface area contributed by atoms with Gasteiger partial charge in [-0.05, 0) is 61.1 Å². The minimum Gasteiger partial charge on any atom is -0.493 e. The quantitative estimate of drug-likeness (QED) is 0.335. The number of allylic oxidation sites excluding steroid dienone is 2. The SMILES string of the molecule is CCCCCc1cccc(C2=CC=C(c3cccc(CCCC)c3)[N+]2=[N-])c1. The molecule has 1 heterocycles. The van der Waals surface area contributed by atoms with Crippen LogP contribution in [0, 0.1) is 0 Å². The van der Waals surface area contributed by atoms with Crippen molar-refractivity contribution in [1.29, 1.82) is 0 Å². The molecule has 0 radical (unpaired) electrons. The maximum absolute atomic E-state index is 10.8. The minimum atomic E-state index is 0.847. The van der Waals surface area contributed by atoms with Crippen LogP contribution in [0.5, 0.6) is 0 Å². The lowest BCUT2D eigenvalue weighted by molar-refractivity contribution is -0.344. The molecule has 0 spiro atoms. The molecule has 1 aliphatic heterocycles. The predicted molar refractivity (Wildman–Crippen MR) is 114 cm³/mol. The van der Waals surface area contributed by atoms with Gasteiger partial charge in [0.05, 0.1) is 0 Å². The van der Waals surface area contributed by atoms with Gasteiger partial charge in [0.1, 0.15) is 0 Å². The normalized spacial score (nSPS) is 13.6. The second-order valence-electron chi connectivity index (χ2n) is 7.38. The van der Waals surface area contributed by atoms with E-state index in [0.717, 1.165) is 35.4 Å². The summed E-state index contributed by atoms with van der Waals surface area (Å²) >= 11 is 0. The van der Waals surface area contributed by atoms with E-state index >= 15 is 0 Å². The molecule has 2 aromatic carbocycles. The van der Waals surface area contributed by atoms with Gasteiger partial charge >= 0.3 is 0 Å². The molecule has 2 aromatic rings. The number of unbranched alkanes of at least 4 members (excludes halogenated alkanes) is 3. The predicted octanol–water partition coefficient (Wildman–Crippen LogP) is 7.19. The zero-order valence-electron chi connectivity index (χ0n) is 16.6. The lowest BCUT2D eigenvalue weighted by atomic mass is 10.0. The molecule has 2 heteroatoms. The Morgan fingerprint density at radius 1 is 0.704 bits per heavy atom. The number of hydrogen-bond donors (Lipinski definition) is 0. The molecule has 0 saturated carbocycles. The van der Waals surface area contributed by atoms with E-state index in [-0.39, 0.29) is 0 Å². The molecular formula is C25H30N2. The highest BCUT2D eigenvalue weighted by atomic mass is 15.2. The molecule has 0 fully saturated rings. The number of aryl methyl sites for hydroxylation is 2. The molecule has 0 unspecified atom stereocenters. The maximum atomic E-state index is 10.8. The summed E-state index contributed by atoms with van der Waals surface area (Å²) < 4.78 is 1.34. The molecule has 0 N–H and O–H groups in total. The Kier molecular flexibility index (Phi) is 6.75. The summed E-state index contributed by atoms with van der Waals surface area (Å²) in [5, 5.41) is 0. The first-order valence-corrected chi connectivity index (χ1v) is 10.3. The van der Waals surface area contributed by atoms with E-state index < -0.39 is 0 Å². The molecule has 0 aliphatic carbocycles. The summed E-state index contributed by atoms with van der Waals surface area (Å²) in [5.74, 6) is 0. The van der Waals surface area contributed by atoms with Gasteiger partial charge in [-0.1, -0.05) is 57.4 Å². The second kappa shape index (κ2) is 9.45. The van der Waals surface area contributed by atoms with E-state index in [4.69, 9.17) is 0 Å². The van der Waals surface area contributed by atoms with Crippen molar-refractivity contribution in [3.63, 3.8) is 0 Å². The Bertz CT molecular complexity index is 858. The van der Waals surface area contributed by atoms with Crippen LogP contribution in [-0.2, 0) is 12.8 Å². The fraction of sp³-hybridized carbons (Fsp3) is 0.360. The Morgan fingerprint density at radius 3 is 1.74 bits per heavy atom. The topological polar surface area (TPSA) is 25.3 Å². The van der Waals surface area contributed by atoms with Gasteiger partial charge < -0.3 is 5.53 Å². The summed E-state index contributed by atoms with van der Waals surface area (Å²) in [6, 6.07) is 17.1. The minimum absolute atomic E-state index is 0.847. The highest BCUT2D eigenvalue weighted by molar-refractivity contribution is 5.75. The molecular weight excluding hydrogens is 328 g/mol. The number of hydrogen-bond acceptors (Lipinski definition) is 0. The van der Waals surface area contributed by atoms with Crippen LogP contribution in [0.25, 0.3) is 16.9 Å². The van der Waals surface area contributed by atoms with Crippen molar-refractivity contribution in [3.8, 4) is 0 Å². The Hall–Kier alpha value is -2.48. The van der Waals surface area contributed by atoms with Crippen molar-refractivity contribution in [2.24, 2.45) is 0 Å². The molecule has 27 heavy (non-hydrogen) atoms. The van der Waals surface area contributed by atoms with Crippen molar-refractivity contribution in [3.05, 3.63) is 88.5 Å². The van der Waals surface area contributed by atoms with Crippen LogP contribution in [0.2, 0.25) is 0 Å². The van der Waals surface area contributed by atoms with Gasteiger partial charge in [-0.2, -0.15) is 0 Å². The van der Waals surface area contributed by atoms with Crippen molar-refractivity contribution >= 4 is 11.4 Å². The summed E-state index contributed by atoms with van der Waals surface area (Å²) in [4.78, 5) is 0. The first-order valence-electron chi connectivity index (χ1n) is 10.3. The number of benzene rings is 2. The van der Waals surface area contributed by atoms with E-state index in [1.165, 1.54) is 47.9 Å². The highest BCUT2D eigenvalue weighted by Crippen LogP contribution is 2.31. The summed E-state index contributed by atoms with van der Waals surface area (Å²) in [6.45, 7) is 4.44. The molecule has 3 rings (SSSR count). The van der Waals surface area contributed by atoms with Crippen LogP contribution < -0.4 is 0 Å². The zero-order valence-corrected chi connectivity index (χ0v) is 16.6. The van der Waals surface area contributed by atoms with Crippen molar-refractivity contribution < 1.29 is 4.70 Å². The van der Waals surface area contributed by atoms with E-state index in [0.29, 0.717) is 0 Å². The van der Waals surface area contributed by atoms with Gasteiger partial charge in [0.25, 0.3) is 0 Å². The molecule has 140 valence electrons. The lowest BCUT2D eigenvalue weighted by Gasteiger charge is -2.10. The van der Waals surface area contributed by atoms with E-state index in [2.05, 4.69) is 62.4 Å². The third-order valence-electron chi connectivity index (χ3n) is 5.19. The highest BCUT2D eigenvalue weighted by Gasteiger charge is 2.23. The average molecular weight is 359 g/mol. The van der Waals surface area contributed by atoms with E-state index in [1.54, 1.807) is 0 Å². The average Bonchev–Trinajstić information content (AvgIpc) is 3.08. The monoisotopic (exact) mass is 358 g/mol. The molecule has 1 aliphatic rings. The van der Waals surface area contributed by atoms with Crippen LogP contribution in [0.15, 0.2) is 60.7 Å². The standard InChI is InChI=1S/C25H30N2/c1-3-5-7-11-21-13-9-15-23(19-21)25-17-16-24(27(25)26)22-14-8-12-20(18-22)10-6-4-2/h8-9,12-19H,3-7,10-11H2,1-2H3. The van der Waals surface area contributed by atoms with Crippen molar-refractivity contribution in [1.82, 2.24) is 0 Å². The largest absolute Gasteiger partial charge is 0.493 e. The van der Waals surface area contributed by atoms with Gasteiger partial charge in [-0.15, -0.1) is 0 Å². The fourth-order valence-corrected chi connectivity index (χ4v) is 3.60. The second-order valence-corrected chi connectivity index (χ2v) is 7.38. The Labute approximate surface area is 163 Å². The lowest BCUT2D eigenvalue weighted by Crippen LogP contribution is -2.02. The van der Waals surface area contributed by atoms with Crippen LogP contribution >= 0.6 is 0 Å².